The number of ether oxygens (including phenoxy) is 2. The molecule has 1 aliphatic heterocycles. The van der Waals surface area contributed by atoms with Gasteiger partial charge >= 0.3 is 0 Å². The highest BCUT2D eigenvalue weighted by molar-refractivity contribution is 14.0. The maximum absolute atomic E-state index is 5.89. The second-order valence-electron chi connectivity index (χ2n) is 6.20. The van der Waals surface area contributed by atoms with Gasteiger partial charge in [-0.3, -0.25) is 4.99 Å². The molecule has 2 rings (SSSR count). The van der Waals surface area contributed by atoms with Crippen LogP contribution in [-0.4, -0.2) is 64.4 Å². The first kappa shape index (κ1) is 22.0. The Balaban J connectivity index is 0.00000312. The quantitative estimate of drug-likeness (QED) is 0.352. The second-order valence-corrected chi connectivity index (χ2v) is 6.20. The SMILES string of the molecule is CN=C(NCc1ccccc1OCCN(C)C)NCC1CCCO1.I. The average Bonchev–Trinajstić information content (AvgIpc) is 3.09. The van der Waals surface area contributed by atoms with Gasteiger partial charge in [0.25, 0.3) is 0 Å². The number of halogens is 1. The van der Waals surface area contributed by atoms with E-state index in [4.69, 9.17) is 9.47 Å². The van der Waals surface area contributed by atoms with Crippen molar-refractivity contribution in [1.29, 1.82) is 0 Å². The van der Waals surface area contributed by atoms with E-state index in [1.165, 1.54) is 0 Å². The van der Waals surface area contributed by atoms with Crippen LogP contribution in [-0.2, 0) is 11.3 Å². The number of nitrogens with zero attached hydrogens (tertiary/aromatic N) is 2. The fourth-order valence-corrected chi connectivity index (χ4v) is 2.54. The molecule has 0 aliphatic carbocycles. The minimum atomic E-state index is 0. The lowest BCUT2D eigenvalue weighted by Crippen LogP contribution is -2.40. The molecule has 7 heteroatoms. The van der Waals surface area contributed by atoms with Crippen molar-refractivity contribution in [2.75, 3.05) is 47.4 Å². The van der Waals surface area contributed by atoms with E-state index in [1.54, 1.807) is 7.05 Å². The predicted molar refractivity (Wildman–Crippen MR) is 113 cm³/mol. The first-order valence-corrected chi connectivity index (χ1v) is 8.60. The molecular weight excluding hydrogens is 431 g/mol. The zero-order chi connectivity index (χ0) is 17.2. The highest BCUT2D eigenvalue weighted by Crippen LogP contribution is 2.17. The number of para-hydroxylation sites is 1. The van der Waals surface area contributed by atoms with Crippen LogP contribution in [0, 0.1) is 0 Å². The monoisotopic (exact) mass is 462 g/mol. The molecular formula is C18H31IN4O2. The summed E-state index contributed by atoms with van der Waals surface area (Å²) >= 11 is 0. The van der Waals surface area contributed by atoms with Gasteiger partial charge in [0.2, 0.25) is 0 Å². The van der Waals surface area contributed by atoms with Crippen molar-refractivity contribution in [3.05, 3.63) is 29.8 Å². The third-order valence-corrected chi connectivity index (χ3v) is 3.96. The van der Waals surface area contributed by atoms with Gasteiger partial charge in [0.15, 0.2) is 5.96 Å². The van der Waals surface area contributed by atoms with E-state index in [-0.39, 0.29) is 24.0 Å². The summed E-state index contributed by atoms with van der Waals surface area (Å²) in [6, 6.07) is 8.11. The Labute approximate surface area is 168 Å². The zero-order valence-electron chi connectivity index (χ0n) is 15.5. The summed E-state index contributed by atoms with van der Waals surface area (Å²) in [6.45, 7) is 3.91. The Morgan fingerprint density at radius 2 is 2.12 bits per heavy atom. The predicted octanol–water partition coefficient (Wildman–Crippen LogP) is 2.09. The molecule has 0 aromatic heterocycles. The van der Waals surface area contributed by atoms with Gasteiger partial charge in [-0.15, -0.1) is 24.0 Å². The Morgan fingerprint density at radius 1 is 1.32 bits per heavy atom. The number of aliphatic imine (C=N–C) groups is 1. The van der Waals surface area contributed by atoms with Crippen molar-refractivity contribution in [2.45, 2.75) is 25.5 Å². The summed E-state index contributed by atoms with van der Waals surface area (Å²) in [4.78, 5) is 6.38. The molecule has 1 aliphatic rings. The normalized spacial score (nSPS) is 17.3. The summed E-state index contributed by atoms with van der Waals surface area (Å²) in [5.74, 6) is 1.70. The van der Waals surface area contributed by atoms with Crippen LogP contribution in [0.25, 0.3) is 0 Å². The van der Waals surface area contributed by atoms with Crippen LogP contribution in [0.4, 0.5) is 0 Å². The molecule has 1 fully saturated rings. The molecule has 1 unspecified atom stereocenters. The lowest BCUT2D eigenvalue weighted by atomic mass is 10.2. The van der Waals surface area contributed by atoms with Gasteiger partial charge in [-0.2, -0.15) is 0 Å². The number of hydrogen-bond donors (Lipinski definition) is 2. The first-order chi connectivity index (χ1) is 11.7. The Hall–Kier alpha value is -1.06. The molecule has 1 atom stereocenters. The number of benzene rings is 1. The topological polar surface area (TPSA) is 58.1 Å². The molecule has 2 N–H and O–H groups in total. The maximum Gasteiger partial charge on any atom is 0.191 e. The molecule has 1 aromatic rings. The van der Waals surface area contributed by atoms with Crippen LogP contribution in [0.1, 0.15) is 18.4 Å². The molecule has 1 saturated heterocycles. The van der Waals surface area contributed by atoms with Crippen LogP contribution >= 0.6 is 24.0 Å². The zero-order valence-corrected chi connectivity index (χ0v) is 17.8. The van der Waals surface area contributed by atoms with Crippen LogP contribution in [0.15, 0.2) is 29.3 Å². The van der Waals surface area contributed by atoms with Crippen molar-refractivity contribution in [2.24, 2.45) is 4.99 Å². The fourth-order valence-electron chi connectivity index (χ4n) is 2.54. The average molecular weight is 462 g/mol. The lowest BCUT2D eigenvalue weighted by molar-refractivity contribution is 0.114. The van der Waals surface area contributed by atoms with Gasteiger partial charge in [-0.05, 0) is 33.0 Å². The molecule has 1 heterocycles. The lowest BCUT2D eigenvalue weighted by Gasteiger charge is -2.17. The van der Waals surface area contributed by atoms with E-state index < -0.39 is 0 Å². The molecule has 25 heavy (non-hydrogen) atoms. The summed E-state index contributed by atoms with van der Waals surface area (Å²) in [6.07, 6.45) is 2.56. The molecule has 0 bridgehead atoms. The van der Waals surface area contributed by atoms with Gasteiger partial charge < -0.3 is 25.0 Å². The van der Waals surface area contributed by atoms with Gasteiger partial charge in [0.05, 0.1) is 6.10 Å². The van der Waals surface area contributed by atoms with Crippen molar-refractivity contribution in [1.82, 2.24) is 15.5 Å². The van der Waals surface area contributed by atoms with Gasteiger partial charge in [0, 0.05) is 38.9 Å². The smallest absolute Gasteiger partial charge is 0.191 e. The molecule has 1 aromatic carbocycles. The van der Waals surface area contributed by atoms with E-state index in [1.807, 2.05) is 32.3 Å². The van der Waals surface area contributed by atoms with Crippen molar-refractivity contribution < 1.29 is 9.47 Å². The number of likely N-dealkylation sites (N-methyl/N-ethyl adjacent to an activating group) is 1. The number of nitrogens with one attached hydrogen (secondary N) is 2. The third-order valence-electron chi connectivity index (χ3n) is 3.96. The highest BCUT2D eigenvalue weighted by atomic mass is 127. The van der Waals surface area contributed by atoms with E-state index in [2.05, 4.69) is 26.6 Å². The fraction of sp³-hybridized carbons (Fsp3) is 0.611. The van der Waals surface area contributed by atoms with Gasteiger partial charge in [0.1, 0.15) is 12.4 Å². The molecule has 0 saturated carbocycles. The van der Waals surface area contributed by atoms with Crippen LogP contribution in [0.3, 0.4) is 0 Å². The number of hydrogen-bond acceptors (Lipinski definition) is 4. The van der Waals surface area contributed by atoms with E-state index in [0.717, 1.165) is 49.8 Å². The molecule has 0 spiro atoms. The summed E-state index contributed by atoms with van der Waals surface area (Å²) in [5.41, 5.74) is 1.12. The van der Waals surface area contributed by atoms with Crippen LogP contribution in [0.5, 0.6) is 5.75 Å². The number of guanidine groups is 1. The minimum absolute atomic E-state index is 0. The second kappa shape index (κ2) is 12.3. The Kier molecular flexibility index (Phi) is 10.8. The maximum atomic E-state index is 5.89. The third kappa shape index (κ3) is 8.24. The molecule has 0 radical (unpaired) electrons. The Morgan fingerprint density at radius 3 is 2.80 bits per heavy atom. The molecule has 142 valence electrons. The molecule has 0 amide bonds. The highest BCUT2D eigenvalue weighted by Gasteiger charge is 2.15. The van der Waals surface area contributed by atoms with E-state index in [0.29, 0.717) is 19.3 Å². The first-order valence-electron chi connectivity index (χ1n) is 8.60. The summed E-state index contributed by atoms with van der Waals surface area (Å²) in [7, 11) is 5.87. The minimum Gasteiger partial charge on any atom is -0.492 e. The largest absolute Gasteiger partial charge is 0.492 e. The van der Waals surface area contributed by atoms with Gasteiger partial charge in [-0.25, -0.2) is 0 Å². The van der Waals surface area contributed by atoms with Crippen molar-refractivity contribution in [3.63, 3.8) is 0 Å². The van der Waals surface area contributed by atoms with Crippen LogP contribution < -0.4 is 15.4 Å². The van der Waals surface area contributed by atoms with Crippen LogP contribution in [0.2, 0.25) is 0 Å². The summed E-state index contributed by atoms with van der Waals surface area (Å²) in [5, 5.41) is 6.67. The molecule has 6 nitrogen and oxygen atoms in total. The summed E-state index contributed by atoms with van der Waals surface area (Å²) < 4.78 is 11.5. The van der Waals surface area contributed by atoms with Crippen molar-refractivity contribution >= 4 is 29.9 Å². The van der Waals surface area contributed by atoms with E-state index in [9.17, 15) is 0 Å². The number of rotatable bonds is 8. The van der Waals surface area contributed by atoms with Crippen molar-refractivity contribution in [3.8, 4) is 5.75 Å². The van der Waals surface area contributed by atoms with Gasteiger partial charge in [-0.1, -0.05) is 18.2 Å². The standard InChI is InChI=1S/C18H30N4O2.HI/c1-19-18(21-14-16-8-6-11-23-16)20-13-15-7-4-5-9-17(15)24-12-10-22(2)3;/h4-5,7,9,16H,6,8,10-14H2,1-3H3,(H2,19,20,21);1H. The Bertz CT molecular complexity index is 520. The van der Waals surface area contributed by atoms with E-state index >= 15 is 0 Å².